The number of ether oxygens (including phenoxy) is 1. The average molecular weight is 367 g/mol. The lowest BCUT2D eigenvalue weighted by Crippen LogP contribution is -2.31. The molecule has 3 aromatic heterocycles. The van der Waals surface area contributed by atoms with Crippen molar-refractivity contribution >= 4 is 11.6 Å². The second kappa shape index (κ2) is 7.36. The Morgan fingerprint density at radius 1 is 1.41 bits per heavy atom. The fourth-order valence-electron chi connectivity index (χ4n) is 3.37. The second-order valence-electron chi connectivity index (χ2n) is 6.70. The molecule has 0 spiro atoms. The molecule has 1 amide bonds. The van der Waals surface area contributed by atoms with Gasteiger partial charge < -0.3 is 18.9 Å². The predicted octanol–water partition coefficient (Wildman–Crippen LogP) is 2.42. The summed E-state index contributed by atoms with van der Waals surface area (Å²) in [6.07, 6.45) is 6.01. The summed E-state index contributed by atoms with van der Waals surface area (Å²) in [6, 6.07) is 7.51. The lowest BCUT2D eigenvalue weighted by molar-refractivity contribution is 0.0883. The number of nitrogens with zero attached hydrogens (tertiary/aromatic N) is 2. The van der Waals surface area contributed by atoms with E-state index in [1.165, 1.54) is 0 Å². The third-order valence-electron chi connectivity index (χ3n) is 4.72. The van der Waals surface area contributed by atoms with E-state index in [4.69, 9.17) is 9.15 Å². The average Bonchev–Trinajstić information content (AvgIpc) is 3.30. The minimum absolute atomic E-state index is 0.0479. The van der Waals surface area contributed by atoms with Crippen molar-refractivity contribution in [1.29, 1.82) is 0 Å². The molecule has 0 bridgehead atoms. The largest absolute Gasteiger partial charge is 0.424 e. The summed E-state index contributed by atoms with van der Waals surface area (Å²) >= 11 is 0. The van der Waals surface area contributed by atoms with Crippen LogP contribution < -0.4 is 10.9 Å². The molecular formula is C20H21N3O4. The highest BCUT2D eigenvalue weighted by Gasteiger charge is 2.24. The van der Waals surface area contributed by atoms with Crippen LogP contribution in [0, 0.1) is 6.92 Å². The summed E-state index contributed by atoms with van der Waals surface area (Å²) in [6.45, 7) is 2.79. The highest BCUT2D eigenvalue weighted by molar-refractivity contribution is 5.95. The van der Waals surface area contributed by atoms with Gasteiger partial charge >= 0.3 is 5.63 Å². The molecule has 1 atom stereocenters. The zero-order valence-electron chi connectivity index (χ0n) is 15.1. The van der Waals surface area contributed by atoms with Gasteiger partial charge in [-0.2, -0.15) is 0 Å². The van der Waals surface area contributed by atoms with Gasteiger partial charge in [-0.05, 0) is 43.5 Å². The molecule has 1 aliphatic heterocycles. The van der Waals surface area contributed by atoms with Gasteiger partial charge in [-0.3, -0.25) is 4.79 Å². The van der Waals surface area contributed by atoms with Crippen molar-refractivity contribution in [2.75, 3.05) is 13.2 Å². The van der Waals surface area contributed by atoms with Crippen LogP contribution in [0.5, 0.6) is 0 Å². The smallest absolute Gasteiger partial charge is 0.349 e. The summed E-state index contributed by atoms with van der Waals surface area (Å²) < 4.78 is 12.8. The first-order valence-corrected chi connectivity index (χ1v) is 9.09. The molecule has 0 aromatic carbocycles. The number of nitrogens with one attached hydrogen (secondary N) is 1. The Morgan fingerprint density at radius 2 is 2.30 bits per heavy atom. The molecule has 140 valence electrons. The van der Waals surface area contributed by atoms with Crippen molar-refractivity contribution in [1.82, 2.24) is 14.7 Å². The highest BCUT2D eigenvalue weighted by Crippen LogP contribution is 2.28. The lowest BCUT2D eigenvalue weighted by atomic mass is 10.1. The number of aromatic nitrogens is 2. The number of aryl methyl sites for hydroxylation is 1. The minimum atomic E-state index is -0.620. The van der Waals surface area contributed by atoms with E-state index in [1.807, 2.05) is 35.0 Å². The van der Waals surface area contributed by atoms with Crippen molar-refractivity contribution < 1.29 is 13.9 Å². The molecule has 27 heavy (non-hydrogen) atoms. The van der Waals surface area contributed by atoms with Crippen molar-refractivity contribution in [3.05, 3.63) is 69.7 Å². The number of hydrogen-bond acceptors (Lipinski definition) is 5. The normalized spacial score (nSPS) is 16.7. The molecule has 3 aromatic rings. The molecular weight excluding hydrogens is 346 g/mol. The highest BCUT2D eigenvalue weighted by atomic mass is 16.5. The lowest BCUT2D eigenvalue weighted by Gasteiger charge is -2.11. The van der Waals surface area contributed by atoms with Gasteiger partial charge in [-0.1, -0.05) is 6.07 Å². The Labute approximate surface area is 156 Å². The third-order valence-corrected chi connectivity index (χ3v) is 4.72. The number of imidazole rings is 1. The Balaban J connectivity index is 1.42. The van der Waals surface area contributed by atoms with E-state index in [9.17, 15) is 9.59 Å². The zero-order chi connectivity index (χ0) is 18.8. The van der Waals surface area contributed by atoms with Crippen LogP contribution in [-0.4, -0.2) is 28.4 Å². The summed E-state index contributed by atoms with van der Waals surface area (Å²) in [5, 5.41) is 2.78. The standard InChI is InChI=1S/C20H21N3O4/c1-13-11-16(15-5-4-10-26-15)27-20(25)18(13)19(24)21-8-7-14-12-23-9-3-2-6-17(23)22-14/h2-3,6,9,11-12,15H,4-5,7-8,10H2,1H3,(H,21,24). The van der Waals surface area contributed by atoms with Crippen LogP contribution in [-0.2, 0) is 11.2 Å². The number of rotatable bonds is 5. The number of carbonyl (C=O) groups is 1. The van der Waals surface area contributed by atoms with Crippen molar-refractivity contribution in [2.24, 2.45) is 0 Å². The van der Waals surface area contributed by atoms with Gasteiger partial charge in [0, 0.05) is 32.0 Å². The first-order valence-electron chi connectivity index (χ1n) is 9.09. The molecule has 1 aliphatic rings. The molecule has 7 nitrogen and oxygen atoms in total. The second-order valence-corrected chi connectivity index (χ2v) is 6.70. The minimum Gasteiger partial charge on any atom is -0.424 e. The molecule has 0 radical (unpaired) electrons. The van der Waals surface area contributed by atoms with E-state index < -0.39 is 11.5 Å². The molecule has 4 rings (SSSR count). The van der Waals surface area contributed by atoms with Gasteiger partial charge in [-0.15, -0.1) is 0 Å². The number of pyridine rings is 1. The van der Waals surface area contributed by atoms with Gasteiger partial charge in [0.15, 0.2) is 0 Å². The van der Waals surface area contributed by atoms with Crippen LogP contribution in [0.15, 0.2) is 45.9 Å². The van der Waals surface area contributed by atoms with Gasteiger partial charge in [0.1, 0.15) is 23.1 Å². The summed E-state index contributed by atoms with van der Waals surface area (Å²) in [4.78, 5) is 29.3. The Kier molecular flexibility index (Phi) is 4.77. The number of carbonyl (C=O) groups excluding carboxylic acids is 1. The first kappa shape index (κ1) is 17.5. The van der Waals surface area contributed by atoms with E-state index in [-0.39, 0.29) is 11.7 Å². The van der Waals surface area contributed by atoms with Crippen molar-refractivity contribution in [2.45, 2.75) is 32.3 Å². The number of amides is 1. The molecule has 1 saturated heterocycles. The monoisotopic (exact) mass is 367 g/mol. The van der Waals surface area contributed by atoms with E-state index in [1.54, 1.807) is 13.0 Å². The molecule has 1 N–H and O–H groups in total. The molecule has 1 fully saturated rings. The SMILES string of the molecule is Cc1cc(C2CCCO2)oc(=O)c1C(=O)NCCc1cn2ccccc2n1. The van der Waals surface area contributed by atoms with Crippen molar-refractivity contribution in [3.8, 4) is 0 Å². The van der Waals surface area contributed by atoms with E-state index in [0.717, 1.165) is 24.2 Å². The van der Waals surface area contributed by atoms with Gasteiger partial charge in [0.05, 0.1) is 5.69 Å². The predicted molar refractivity (Wildman–Crippen MR) is 98.9 cm³/mol. The maximum atomic E-state index is 12.5. The topological polar surface area (TPSA) is 85.8 Å². The van der Waals surface area contributed by atoms with Crippen molar-refractivity contribution in [3.63, 3.8) is 0 Å². The van der Waals surface area contributed by atoms with Crippen LogP contribution >= 0.6 is 0 Å². The maximum absolute atomic E-state index is 12.5. The molecule has 0 saturated carbocycles. The van der Waals surface area contributed by atoms with E-state index in [0.29, 0.717) is 30.9 Å². The Morgan fingerprint density at radius 3 is 3.04 bits per heavy atom. The molecule has 4 heterocycles. The number of fused-ring (bicyclic) bond motifs is 1. The van der Waals surface area contributed by atoms with Crippen LogP contribution in [0.3, 0.4) is 0 Å². The Bertz CT molecular complexity index is 998. The summed E-state index contributed by atoms with van der Waals surface area (Å²) in [7, 11) is 0. The van der Waals surface area contributed by atoms with Crippen LogP contribution in [0.1, 0.15) is 46.3 Å². The van der Waals surface area contributed by atoms with E-state index >= 15 is 0 Å². The number of hydrogen-bond donors (Lipinski definition) is 1. The van der Waals surface area contributed by atoms with Crippen LogP contribution in [0.4, 0.5) is 0 Å². The fourth-order valence-corrected chi connectivity index (χ4v) is 3.37. The third kappa shape index (κ3) is 3.64. The van der Waals surface area contributed by atoms with Gasteiger partial charge in [0.2, 0.25) is 0 Å². The maximum Gasteiger partial charge on any atom is 0.349 e. The Hall–Kier alpha value is -2.93. The molecule has 0 aliphatic carbocycles. The summed E-state index contributed by atoms with van der Waals surface area (Å²) in [5.74, 6) is 0.0696. The summed E-state index contributed by atoms with van der Waals surface area (Å²) in [5.41, 5.74) is 1.76. The van der Waals surface area contributed by atoms with E-state index in [2.05, 4.69) is 10.3 Å². The molecule has 1 unspecified atom stereocenters. The van der Waals surface area contributed by atoms with Crippen LogP contribution in [0.25, 0.3) is 5.65 Å². The molecule has 7 heteroatoms. The van der Waals surface area contributed by atoms with Gasteiger partial charge in [-0.25, -0.2) is 9.78 Å². The fraction of sp³-hybridized carbons (Fsp3) is 0.350. The quantitative estimate of drug-likeness (QED) is 0.748. The first-order chi connectivity index (χ1) is 13.1. The zero-order valence-corrected chi connectivity index (χ0v) is 15.1. The van der Waals surface area contributed by atoms with Crippen LogP contribution in [0.2, 0.25) is 0 Å². The van der Waals surface area contributed by atoms with Gasteiger partial charge in [0.25, 0.3) is 5.91 Å².